The minimum Gasteiger partial charge on any atom is -0.375 e. The molecule has 2 aromatic carbocycles. The average molecular weight is 281 g/mol. The van der Waals surface area contributed by atoms with Crippen molar-refractivity contribution in [3.05, 3.63) is 78.4 Å². The third kappa shape index (κ3) is 5.44. The molecule has 0 aromatic heterocycles. The van der Waals surface area contributed by atoms with Crippen LogP contribution in [0.15, 0.2) is 72.8 Å². The fraction of sp³-hybridized carbons (Fsp3) is 0.263. The van der Waals surface area contributed by atoms with Crippen molar-refractivity contribution in [2.75, 3.05) is 24.7 Å². The van der Waals surface area contributed by atoms with Crippen LogP contribution in [0, 0.1) is 0 Å². The smallest absolute Gasteiger partial charge is 0.0672 e. The fourth-order valence-electron chi connectivity index (χ4n) is 2.16. The second-order valence-corrected chi connectivity index (χ2v) is 5.25. The summed E-state index contributed by atoms with van der Waals surface area (Å²) in [6.45, 7) is 8.94. The van der Waals surface area contributed by atoms with Crippen molar-refractivity contribution in [3.63, 3.8) is 0 Å². The number of rotatable bonds is 8. The van der Waals surface area contributed by atoms with Crippen molar-refractivity contribution in [2.24, 2.45) is 0 Å². The second kappa shape index (κ2) is 8.28. The van der Waals surface area contributed by atoms with Gasteiger partial charge in [-0.25, -0.2) is 0 Å². The summed E-state index contributed by atoms with van der Waals surface area (Å²) in [4.78, 5) is 2.34. The fourth-order valence-corrected chi connectivity index (χ4v) is 2.16. The molecule has 0 amide bonds. The normalized spacial score (nSPS) is 10.3. The van der Waals surface area contributed by atoms with Gasteiger partial charge < -0.3 is 9.64 Å². The maximum Gasteiger partial charge on any atom is 0.0672 e. The van der Waals surface area contributed by atoms with E-state index in [1.165, 1.54) is 11.3 Å². The van der Waals surface area contributed by atoms with E-state index < -0.39 is 0 Å². The third-order valence-corrected chi connectivity index (χ3v) is 3.19. The summed E-state index contributed by atoms with van der Waals surface area (Å²) in [6.07, 6.45) is 0. The molecule has 2 nitrogen and oxygen atoms in total. The lowest BCUT2D eigenvalue weighted by Crippen LogP contribution is -2.27. The lowest BCUT2D eigenvalue weighted by Gasteiger charge is -2.25. The third-order valence-electron chi connectivity index (χ3n) is 3.19. The Morgan fingerprint density at radius 1 is 1.00 bits per heavy atom. The van der Waals surface area contributed by atoms with Gasteiger partial charge in [0.25, 0.3) is 0 Å². The van der Waals surface area contributed by atoms with Gasteiger partial charge >= 0.3 is 0 Å². The van der Waals surface area contributed by atoms with Gasteiger partial charge in [0.2, 0.25) is 0 Å². The molecule has 0 heterocycles. The molecule has 0 spiro atoms. The summed E-state index contributed by atoms with van der Waals surface area (Å²) in [5, 5.41) is 0. The minimum atomic E-state index is 0.633. The highest BCUT2D eigenvalue weighted by Gasteiger charge is 2.07. The summed E-state index contributed by atoms with van der Waals surface area (Å²) < 4.78 is 5.64. The Morgan fingerprint density at radius 3 is 2.24 bits per heavy atom. The first-order chi connectivity index (χ1) is 10.3. The van der Waals surface area contributed by atoms with Gasteiger partial charge in [-0.15, -0.1) is 0 Å². The molecule has 0 bridgehead atoms. The zero-order valence-corrected chi connectivity index (χ0v) is 12.7. The van der Waals surface area contributed by atoms with Crippen LogP contribution in [-0.2, 0) is 11.3 Å². The first kappa shape index (κ1) is 15.3. The van der Waals surface area contributed by atoms with Crippen LogP contribution in [0.4, 0.5) is 5.69 Å². The number of benzene rings is 2. The van der Waals surface area contributed by atoms with E-state index in [1.807, 2.05) is 19.1 Å². The van der Waals surface area contributed by atoms with E-state index in [0.29, 0.717) is 13.2 Å². The van der Waals surface area contributed by atoms with E-state index in [9.17, 15) is 0 Å². The van der Waals surface area contributed by atoms with E-state index in [-0.39, 0.29) is 0 Å². The standard InChI is InChI=1S/C19H23NO/c1-17(2)16-21-14-13-20(19-11-7-4-8-12-19)15-18-9-5-3-6-10-18/h3-12H,1,13-16H2,2H3. The highest BCUT2D eigenvalue weighted by atomic mass is 16.5. The van der Waals surface area contributed by atoms with Gasteiger partial charge in [-0.1, -0.05) is 60.7 Å². The molecule has 2 aromatic rings. The van der Waals surface area contributed by atoms with Crippen LogP contribution in [0.3, 0.4) is 0 Å². The van der Waals surface area contributed by atoms with Crippen LogP contribution in [-0.4, -0.2) is 19.8 Å². The summed E-state index contributed by atoms with van der Waals surface area (Å²) in [7, 11) is 0. The minimum absolute atomic E-state index is 0.633. The Hall–Kier alpha value is -2.06. The van der Waals surface area contributed by atoms with Crippen LogP contribution >= 0.6 is 0 Å². The largest absolute Gasteiger partial charge is 0.375 e. The number of para-hydroxylation sites is 1. The predicted octanol–water partition coefficient (Wildman–Crippen LogP) is 4.29. The monoisotopic (exact) mass is 281 g/mol. The SMILES string of the molecule is C=C(C)COCCN(Cc1ccccc1)c1ccccc1. The van der Waals surface area contributed by atoms with Crippen molar-refractivity contribution in [2.45, 2.75) is 13.5 Å². The van der Waals surface area contributed by atoms with Crippen LogP contribution in [0.5, 0.6) is 0 Å². The molecule has 0 aliphatic heterocycles. The lowest BCUT2D eigenvalue weighted by molar-refractivity contribution is 0.162. The Bertz CT molecular complexity index is 536. The van der Waals surface area contributed by atoms with Crippen LogP contribution in [0.1, 0.15) is 12.5 Å². The van der Waals surface area contributed by atoms with Crippen molar-refractivity contribution in [1.82, 2.24) is 0 Å². The molecule has 2 rings (SSSR count). The predicted molar refractivity (Wildman–Crippen MR) is 89.6 cm³/mol. The van der Waals surface area contributed by atoms with Crippen molar-refractivity contribution in [1.29, 1.82) is 0 Å². The zero-order chi connectivity index (χ0) is 14.9. The maximum absolute atomic E-state index is 5.64. The first-order valence-corrected chi connectivity index (χ1v) is 7.32. The van der Waals surface area contributed by atoms with Gasteiger partial charge in [-0.3, -0.25) is 0 Å². The van der Waals surface area contributed by atoms with E-state index in [2.05, 4.69) is 60.0 Å². The van der Waals surface area contributed by atoms with E-state index in [4.69, 9.17) is 4.74 Å². The molecule has 0 saturated heterocycles. The van der Waals surface area contributed by atoms with Crippen molar-refractivity contribution >= 4 is 5.69 Å². The molecule has 0 aliphatic carbocycles. The lowest BCUT2D eigenvalue weighted by atomic mass is 10.2. The zero-order valence-electron chi connectivity index (χ0n) is 12.7. The number of nitrogens with zero attached hydrogens (tertiary/aromatic N) is 1. The first-order valence-electron chi connectivity index (χ1n) is 7.32. The summed E-state index contributed by atoms with van der Waals surface area (Å²) in [5.41, 5.74) is 3.59. The van der Waals surface area contributed by atoms with E-state index >= 15 is 0 Å². The molecular weight excluding hydrogens is 258 g/mol. The summed E-state index contributed by atoms with van der Waals surface area (Å²) in [5.74, 6) is 0. The summed E-state index contributed by atoms with van der Waals surface area (Å²) >= 11 is 0. The van der Waals surface area contributed by atoms with Crippen LogP contribution in [0.2, 0.25) is 0 Å². The number of hydrogen-bond acceptors (Lipinski definition) is 2. The van der Waals surface area contributed by atoms with Gasteiger partial charge in [0.15, 0.2) is 0 Å². The van der Waals surface area contributed by atoms with Crippen molar-refractivity contribution in [3.8, 4) is 0 Å². The molecule has 0 saturated carbocycles. The van der Waals surface area contributed by atoms with Gasteiger partial charge in [0.1, 0.15) is 0 Å². The number of anilines is 1. The Labute approximate surface area is 127 Å². The van der Waals surface area contributed by atoms with Crippen LogP contribution < -0.4 is 4.90 Å². The highest BCUT2D eigenvalue weighted by molar-refractivity contribution is 5.46. The van der Waals surface area contributed by atoms with Gasteiger partial charge in [-0.05, 0) is 24.6 Å². The Morgan fingerprint density at radius 2 is 1.62 bits per heavy atom. The Balaban J connectivity index is 1.99. The molecule has 0 aliphatic rings. The average Bonchev–Trinajstić information content (AvgIpc) is 2.52. The molecule has 0 N–H and O–H groups in total. The summed E-state index contributed by atoms with van der Waals surface area (Å²) in [6, 6.07) is 21.0. The van der Waals surface area contributed by atoms with Gasteiger partial charge in [-0.2, -0.15) is 0 Å². The van der Waals surface area contributed by atoms with Gasteiger partial charge in [0, 0.05) is 18.8 Å². The van der Waals surface area contributed by atoms with Gasteiger partial charge in [0.05, 0.1) is 13.2 Å². The molecule has 21 heavy (non-hydrogen) atoms. The molecule has 2 heteroatoms. The highest BCUT2D eigenvalue weighted by Crippen LogP contribution is 2.16. The quantitative estimate of drug-likeness (QED) is 0.529. The van der Waals surface area contributed by atoms with E-state index in [0.717, 1.165) is 18.7 Å². The van der Waals surface area contributed by atoms with Crippen molar-refractivity contribution < 1.29 is 4.74 Å². The molecular formula is C19H23NO. The molecule has 0 radical (unpaired) electrons. The molecule has 0 unspecified atom stereocenters. The topological polar surface area (TPSA) is 12.5 Å². The van der Waals surface area contributed by atoms with Crippen LogP contribution in [0.25, 0.3) is 0 Å². The molecule has 110 valence electrons. The number of ether oxygens (including phenoxy) is 1. The maximum atomic E-state index is 5.64. The Kier molecular flexibility index (Phi) is 6.04. The van der Waals surface area contributed by atoms with E-state index in [1.54, 1.807) is 0 Å². The number of hydrogen-bond donors (Lipinski definition) is 0. The second-order valence-electron chi connectivity index (χ2n) is 5.25. The molecule has 0 fully saturated rings. The molecule has 0 atom stereocenters.